The van der Waals surface area contributed by atoms with Gasteiger partial charge in [-0.1, -0.05) is 16.8 Å². The van der Waals surface area contributed by atoms with E-state index < -0.39 is 6.03 Å². The van der Waals surface area contributed by atoms with Crippen LogP contribution in [0.5, 0.6) is 11.5 Å². The minimum Gasteiger partial charge on any atom is -0.495 e. The van der Waals surface area contributed by atoms with Gasteiger partial charge in [0.2, 0.25) is 0 Å². The number of ether oxygens (including phenoxy) is 2. The summed E-state index contributed by atoms with van der Waals surface area (Å²) in [4.78, 5) is 26.8. The molecule has 0 saturated carbocycles. The molecule has 10 nitrogen and oxygen atoms in total. The Kier molecular flexibility index (Phi) is 6.83. The van der Waals surface area contributed by atoms with Crippen LogP contribution in [0.4, 0.5) is 10.5 Å². The maximum absolute atomic E-state index is 12.6. The molecular weight excluding hydrogens is 448 g/mol. The second-order valence-corrected chi connectivity index (χ2v) is 7.99. The number of likely N-dealkylation sites (tertiary alicyclic amines) is 1. The van der Waals surface area contributed by atoms with Crippen LogP contribution in [0.2, 0.25) is 5.02 Å². The van der Waals surface area contributed by atoms with E-state index in [1.807, 2.05) is 11.0 Å². The van der Waals surface area contributed by atoms with Crippen LogP contribution in [0.3, 0.4) is 0 Å². The van der Waals surface area contributed by atoms with E-state index in [0.717, 1.165) is 31.4 Å². The highest BCUT2D eigenvalue weighted by Crippen LogP contribution is 2.35. The topological polar surface area (TPSA) is 111 Å². The number of hydrogen-bond donors (Lipinski definition) is 2. The smallest absolute Gasteiger partial charge is 0.319 e. The fraction of sp³-hybridized carbons (Fsp3) is 0.364. The van der Waals surface area contributed by atoms with Gasteiger partial charge in [-0.3, -0.25) is 4.79 Å². The number of hydrogen-bond acceptors (Lipinski definition) is 6. The van der Waals surface area contributed by atoms with Gasteiger partial charge in [0.15, 0.2) is 0 Å². The summed E-state index contributed by atoms with van der Waals surface area (Å²) in [6.45, 7) is 2.31. The van der Waals surface area contributed by atoms with E-state index in [9.17, 15) is 9.59 Å². The lowest BCUT2D eigenvalue weighted by Gasteiger charge is -2.15. The van der Waals surface area contributed by atoms with Crippen molar-refractivity contribution in [2.45, 2.75) is 19.4 Å². The number of carbonyl (C=O) groups excluding carboxylic acids is 2. The maximum atomic E-state index is 12.6. The quantitative estimate of drug-likeness (QED) is 0.546. The third-order valence-electron chi connectivity index (χ3n) is 5.49. The monoisotopic (exact) mass is 472 g/mol. The lowest BCUT2D eigenvalue weighted by Crippen LogP contribution is -2.31. The summed E-state index contributed by atoms with van der Waals surface area (Å²) in [5.74, 6) is 0.895. The molecular formula is C22H25ClN6O4. The molecule has 3 aromatic rings. The van der Waals surface area contributed by atoms with Crippen molar-refractivity contribution in [2.24, 2.45) is 0 Å². The van der Waals surface area contributed by atoms with Crippen molar-refractivity contribution in [1.29, 1.82) is 0 Å². The molecule has 0 bridgehead atoms. The zero-order valence-electron chi connectivity index (χ0n) is 18.4. The van der Waals surface area contributed by atoms with E-state index >= 15 is 0 Å². The van der Waals surface area contributed by atoms with Crippen LogP contribution in [0, 0.1) is 0 Å². The second kappa shape index (κ2) is 9.95. The summed E-state index contributed by atoms with van der Waals surface area (Å²) in [5.41, 5.74) is 2.46. The highest BCUT2D eigenvalue weighted by molar-refractivity contribution is 6.32. The number of amides is 3. The van der Waals surface area contributed by atoms with E-state index in [1.165, 1.54) is 14.2 Å². The zero-order chi connectivity index (χ0) is 23.4. The molecule has 0 aliphatic carbocycles. The van der Waals surface area contributed by atoms with Crippen LogP contribution in [0.1, 0.15) is 23.2 Å². The molecule has 11 heteroatoms. The number of rotatable bonds is 7. The number of anilines is 1. The summed E-state index contributed by atoms with van der Waals surface area (Å²) in [6, 6.07) is 8.13. The minimum atomic E-state index is -0.419. The highest BCUT2D eigenvalue weighted by Gasteiger charge is 2.20. The van der Waals surface area contributed by atoms with Crippen molar-refractivity contribution < 1.29 is 19.1 Å². The van der Waals surface area contributed by atoms with Crippen LogP contribution in [0.25, 0.3) is 11.0 Å². The molecule has 4 rings (SSSR count). The molecule has 1 fully saturated rings. The van der Waals surface area contributed by atoms with E-state index in [2.05, 4.69) is 20.9 Å². The van der Waals surface area contributed by atoms with Crippen LogP contribution in [0.15, 0.2) is 30.3 Å². The number of carbonyl (C=O) groups is 2. The molecule has 0 unspecified atom stereocenters. The Hall–Kier alpha value is -3.53. The van der Waals surface area contributed by atoms with E-state index in [1.54, 1.807) is 28.9 Å². The molecule has 33 heavy (non-hydrogen) atoms. The molecule has 1 aromatic heterocycles. The van der Waals surface area contributed by atoms with Gasteiger partial charge in [-0.05, 0) is 37.1 Å². The van der Waals surface area contributed by atoms with Crippen molar-refractivity contribution in [3.05, 3.63) is 40.9 Å². The SMILES string of the molecule is COc1cc(OC)c(NC(=O)NCCn2nnc3cc(C(=O)N4CCCC4)ccc32)cc1Cl. The molecule has 174 valence electrons. The maximum Gasteiger partial charge on any atom is 0.319 e. The molecule has 1 saturated heterocycles. The number of aromatic nitrogens is 3. The first-order chi connectivity index (χ1) is 16.0. The van der Waals surface area contributed by atoms with Crippen LogP contribution >= 0.6 is 11.6 Å². The van der Waals surface area contributed by atoms with Crippen LogP contribution in [-0.4, -0.2) is 65.7 Å². The molecule has 1 aliphatic heterocycles. The Labute approximate surface area is 195 Å². The van der Waals surface area contributed by atoms with Gasteiger partial charge in [0.25, 0.3) is 5.91 Å². The van der Waals surface area contributed by atoms with Crippen molar-refractivity contribution in [3.63, 3.8) is 0 Å². The molecule has 1 aliphatic rings. The Bertz CT molecular complexity index is 1180. The van der Waals surface area contributed by atoms with E-state index in [4.69, 9.17) is 21.1 Å². The lowest BCUT2D eigenvalue weighted by atomic mass is 10.1. The number of benzene rings is 2. The standard InChI is InChI=1S/C22H25ClN6O4/c1-32-19-13-20(33-2)17(12-15(19)23)25-22(31)24-7-10-29-18-6-5-14(11-16(18)26-27-29)21(30)28-8-3-4-9-28/h5-6,11-13H,3-4,7-10H2,1-2H3,(H2,24,25,31). The summed E-state index contributed by atoms with van der Waals surface area (Å²) in [6.07, 6.45) is 2.09. The number of halogens is 1. The number of fused-ring (bicyclic) bond motifs is 1. The minimum absolute atomic E-state index is 0.0244. The highest BCUT2D eigenvalue weighted by atomic mass is 35.5. The first kappa shape index (κ1) is 22.7. The van der Waals surface area contributed by atoms with Gasteiger partial charge in [-0.25, -0.2) is 9.48 Å². The fourth-order valence-electron chi connectivity index (χ4n) is 3.77. The van der Waals surface area contributed by atoms with Gasteiger partial charge >= 0.3 is 6.03 Å². The van der Waals surface area contributed by atoms with Gasteiger partial charge in [0, 0.05) is 31.3 Å². The third-order valence-corrected chi connectivity index (χ3v) is 5.78. The molecule has 0 atom stereocenters. The first-order valence-electron chi connectivity index (χ1n) is 10.6. The normalized spacial score (nSPS) is 13.2. The summed E-state index contributed by atoms with van der Waals surface area (Å²) in [7, 11) is 2.99. The largest absolute Gasteiger partial charge is 0.495 e. The molecule has 0 spiro atoms. The molecule has 2 N–H and O–H groups in total. The van der Waals surface area contributed by atoms with E-state index in [-0.39, 0.29) is 5.91 Å². The van der Waals surface area contributed by atoms with Crippen molar-refractivity contribution in [2.75, 3.05) is 39.2 Å². The van der Waals surface area contributed by atoms with Crippen molar-refractivity contribution in [1.82, 2.24) is 25.2 Å². The molecule has 3 amide bonds. The number of nitrogens with zero attached hydrogens (tertiary/aromatic N) is 4. The zero-order valence-corrected chi connectivity index (χ0v) is 19.2. The average molecular weight is 473 g/mol. The number of nitrogens with one attached hydrogen (secondary N) is 2. The summed E-state index contributed by atoms with van der Waals surface area (Å²) < 4.78 is 12.1. The van der Waals surface area contributed by atoms with E-state index in [0.29, 0.717) is 46.4 Å². The number of urea groups is 1. The van der Waals surface area contributed by atoms with Gasteiger partial charge < -0.3 is 25.0 Å². The Morgan fingerprint density at radius 2 is 1.85 bits per heavy atom. The average Bonchev–Trinajstić information content (AvgIpc) is 3.49. The Morgan fingerprint density at radius 3 is 2.58 bits per heavy atom. The summed E-state index contributed by atoms with van der Waals surface area (Å²) >= 11 is 6.14. The predicted molar refractivity (Wildman–Crippen MR) is 124 cm³/mol. The molecule has 2 aromatic carbocycles. The molecule has 2 heterocycles. The van der Waals surface area contributed by atoms with Gasteiger partial charge in [-0.15, -0.1) is 5.10 Å². The van der Waals surface area contributed by atoms with Crippen LogP contribution in [-0.2, 0) is 6.54 Å². The Balaban J connectivity index is 1.36. The van der Waals surface area contributed by atoms with Crippen molar-refractivity contribution >= 4 is 40.3 Å². The lowest BCUT2D eigenvalue weighted by molar-refractivity contribution is 0.0793. The van der Waals surface area contributed by atoms with Gasteiger partial charge in [0.1, 0.15) is 17.0 Å². The van der Waals surface area contributed by atoms with Gasteiger partial charge in [-0.2, -0.15) is 0 Å². The predicted octanol–water partition coefficient (Wildman–Crippen LogP) is 3.16. The molecule has 0 radical (unpaired) electrons. The second-order valence-electron chi connectivity index (χ2n) is 7.58. The number of methoxy groups -OCH3 is 2. The Morgan fingerprint density at radius 1 is 1.09 bits per heavy atom. The summed E-state index contributed by atoms with van der Waals surface area (Å²) in [5, 5.41) is 14.2. The van der Waals surface area contributed by atoms with Gasteiger partial charge in [0.05, 0.1) is 37.0 Å². The van der Waals surface area contributed by atoms with Crippen LogP contribution < -0.4 is 20.1 Å². The third kappa shape index (κ3) is 4.95. The first-order valence-corrected chi connectivity index (χ1v) is 11.0. The fourth-order valence-corrected chi connectivity index (χ4v) is 4.01. The van der Waals surface area contributed by atoms with Crippen molar-refractivity contribution in [3.8, 4) is 11.5 Å².